The summed E-state index contributed by atoms with van der Waals surface area (Å²) in [7, 11) is 0. The summed E-state index contributed by atoms with van der Waals surface area (Å²) >= 11 is 3.51. The molecule has 1 aliphatic carbocycles. The minimum atomic E-state index is 0.860. The van der Waals surface area contributed by atoms with E-state index < -0.39 is 0 Å². The molecule has 1 aromatic carbocycles. The highest BCUT2D eigenvalue weighted by Crippen LogP contribution is 2.53. The Morgan fingerprint density at radius 1 is 1.42 bits per heavy atom. The number of rotatable bonds is 0. The minimum absolute atomic E-state index is 0.860. The molecule has 1 nitrogen and oxygen atoms in total. The maximum Gasteiger partial charge on any atom is 0.0376 e. The van der Waals surface area contributed by atoms with Gasteiger partial charge in [0.05, 0.1) is 0 Å². The van der Waals surface area contributed by atoms with E-state index in [0.29, 0.717) is 0 Å². The average Bonchev–Trinajstić information content (AvgIpc) is 2.82. The van der Waals surface area contributed by atoms with Gasteiger partial charge in [0.25, 0.3) is 0 Å². The van der Waals surface area contributed by atoms with E-state index in [1.54, 1.807) is 0 Å². The zero-order valence-corrected chi connectivity index (χ0v) is 8.26. The van der Waals surface area contributed by atoms with Gasteiger partial charge in [0.2, 0.25) is 0 Å². The largest absolute Gasteiger partial charge is 0.385 e. The summed E-state index contributed by atoms with van der Waals surface area (Å²) in [6.07, 6.45) is 1.39. The molecule has 0 unspecified atom stereocenters. The second-order valence-corrected chi connectivity index (χ2v) is 4.63. The van der Waals surface area contributed by atoms with Crippen LogP contribution >= 0.6 is 15.9 Å². The van der Waals surface area contributed by atoms with Gasteiger partial charge in [0.1, 0.15) is 0 Å². The van der Waals surface area contributed by atoms with Crippen molar-refractivity contribution < 1.29 is 0 Å². The fourth-order valence-electron chi connectivity index (χ4n) is 2.10. The number of fused-ring (bicyclic) bond motifs is 3. The lowest BCUT2D eigenvalue weighted by molar-refractivity contribution is 0.816. The monoisotopic (exact) mass is 223 g/mol. The summed E-state index contributed by atoms with van der Waals surface area (Å²) in [5.74, 6) is 1.78. The van der Waals surface area contributed by atoms with E-state index in [4.69, 9.17) is 0 Å². The molecule has 1 heterocycles. The van der Waals surface area contributed by atoms with Crippen LogP contribution in [0.5, 0.6) is 0 Å². The maximum absolute atomic E-state index is 3.51. The summed E-state index contributed by atoms with van der Waals surface area (Å²) in [5, 5.41) is 3.46. The molecule has 1 saturated carbocycles. The number of hydrogen-bond acceptors (Lipinski definition) is 1. The van der Waals surface area contributed by atoms with E-state index in [0.717, 1.165) is 11.8 Å². The van der Waals surface area contributed by atoms with Crippen molar-refractivity contribution in [3.63, 3.8) is 0 Å². The number of halogens is 1. The molecule has 2 aliphatic rings. The van der Waals surface area contributed by atoms with Gasteiger partial charge in [-0.1, -0.05) is 15.9 Å². The number of nitrogens with one attached hydrogen (secondary N) is 1. The highest BCUT2D eigenvalue weighted by molar-refractivity contribution is 9.10. The zero-order chi connectivity index (χ0) is 8.13. The topological polar surface area (TPSA) is 12.0 Å². The third-order valence-corrected chi connectivity index (χ3v) is 3.38. The molecule has 62 valence electrons. The van der Waals surface area contributed by atoms with Crippen LogP contribution in [-0.2, 0) is 0 Å². The van der Waals surface area contributed by atoms with Crippen molar-refractivity contribution in [2.24, 2.45) is 5.92 Å². The molecule has 1 aliphatic heterocycles. The Labute approximate surface area is 80.3 Å². The predicted molar refractivity (Wildman–Crippen MR) is 53.5 cm³/mol. The quantitative estimate of drug-likeness (QED) is 0.714. The van der Waals surface area contributed by atoms with Gasteiger partial charge in [0.15, 0.2) is 0 Å². The average molecular weight is 224 g/mol. The molecular weight excluding hydrogens is 214 g/mol. The van der Waals surface area contributed by atoms with Crippen molar-refractivity contribution in [2.45, 2.75) is 12.3 Å². The van der Waals surface area contributed by atoms with Gasteiger partial charge in [-0.3, -0.25) is 0 Å². The first-order valence-corrected chi connectivity index (χ1v) is 5.17. The minimum Gasteiger partial charge on any atom is -0.385 e. The standard InChI is InChI=1S/C10H10BrN/c11-7-1-2-10-9(4-7)8-3-6(8)5-12-10/h1-2,4,6,8,12H,3,5H2/t6-,8-/m0/s1. The van der Waals surface area contributed by atoms with Crippen molar-refractivity contribution in [3.8, 4) is 0 Å². The lowest BCUT2D eigenvalue weighted by atomic mass is 10.0. The molecule has 0 amide bonds. The van der Waals surface area contributed by atoms with Crippen LogP contribution in [0.2, 0.25) is 0 Å². The van der Waals surface area contributed by atoms with E-state index in [-0.39, 0.29) is 0 Å². The van der Waals surface area contributed by atoms with Crippen LogP contribution in [0.15, 0.2) is 22.7 Å². The lowest BCUT2D eigenvalue weighted by Crippen LogP contribution is -2.11. The van der Waals surface area contributed by atoms with Gasteiger partial charge >= 0.3 is 0 Å². The molecule has 0 bridgehead atoms. The number of benzene rings is 1. The fourth-order valence-corrected chi connectivity index (χ4v) is 2.48. The molecule has 2 heteroatoms. The van der Waals surface area contributed by atoms with Crippen molar-refractivity contribution in [1.29, 1.82) is 0 Å². The first-order chi connectivity index (χ1) is 5.84. The van der Waals surface area contributed by atoms with Crippen LogP contribution in [0, 0.1) is 5.92 Å². The molecule has 2 atom stereocenters. The first kappa shape index (κ1) is 6.96. The molecule has 0 aromatic heterocycles. The highest BCUT2D eigenvalue weighted by atomic mass is 79.9. The van der Waals surface area contributed by atoms with Crippen molar-refractivity contribution in [2.75, 3.05) is 11.9 Å². The van der Waals surface area contributed by atoms with E-state index in [9.17, 15) is 0 Å². The Morgan fingerprint density at radius 3 is 3.25 bits per heavy atom. The summed E-state index contributed by atoms with van der Waals surface area (Å²) in [6.45, 7) is 1.18. The van der Waals surface area contributed by atoms with Gasteiger partial charge in [-0.15, -0.1) is 0 Å². The van der Waals surface area contributed by atoms with Gasteiger partial charge in [-0.05, 0) is 42.0 Å². The molecule has 1 N–H and O–H groups in total. The van der Waals surface area contributed by atoms with Crippen LogP contribution in [0.25, 0.3) is 0 Å². The summed E-state index contributed by atoms with van der Waals surface area (Å²) in [4.78, 5) is 0. The molecule has 12 heavy (non-hydrogen) atoms. The Morgan fingerprint density at radius 2 is 2.33 bits per heavy atom. The van der Waals surface area contributed by atoms with E-state index in [1.165, 1.54) is 28.7 Å². The second kappa shape index (κ2) is 2.25. The molecular formula is C10H10BrN. The van der Waals surface area contributed by atoms with Gasteiger partial charge in [0, 0.05) is 16.7 Å². The number of anilines is 1. The van der Waals surface area contributed by atoms with E-state index in [2.05, 4.69) is 39.4 Å². The zero-order valence-electron chi connectivity index (χ0n) is 6.68. The summed E-state index contributed by atoms with van der Waals surface area (Å²) < 4.78 is 1.20. The van der Waals surface area contributed by atoms with Gasteiger partial charge < -0.3 is 5.32 Å². The molecule has 0 spiro atoms. The van der Waals surface area contributed by atoms with E-state index in [1.807, 2.05) is 0 Å². The van der Waals surface area contributed by atoms with Crippen LogP contribution in [0.1, 0.15) is 17.9 Å². The Kier molecular flexibility index (Phi) is 1.31. The Bertz CT molecular complexity index is 335. The second-order valence-electron chi connectivity index (χ2n) is 3.71. The van der Waals surface area contributed by atoms with Crippen LogP contribution in [0.3, 0.4) is 0 Å². The first-order valence-electron chi connectivity index (χ1n) is 4.38. The van der Waals surface area contributed by atoms with E-state index >= 15 is 0 Å². The third kappa shape index (κ3) is 0.908. The molecule has 1 aromatic rings. The van der Waals surface area contributed by atoms with Gasteiger partial charge in [-0.2, -0.15) is 0 Å². The van der Waals surface area contributed by atoms with Crippen LogP contribution < -0.4 is 5.32 Å². The highest BCUT2D eigenvalue weighted by Gasteiger charge is 2.42. The molecule has 0 saturated heterocycles. The smallest absolute Gasteiger partial charge is 0.0376 e. The lowest BCUT2D eigenvalue weighted by Gasteiger charge is -2.17. The van der Waals surface area contributed by atoms with Crippen LogP contribution in [-0.4, -0.2) is 6.54 Å². The molecule has 3 rings (SSSR count). The summed E-state index contributed by atoms with van der Waals surface area (Å²) in [5.41, 5.74) is 2.86. The van der Waals surface area contributed by atoms with Crippen LogP contribution in [0.4, 0.5) is 5.69 Å². The van der Waals surface area contributed by atoms with Crippen molar-refractivity contribution >= 4 is 21.6 Å². The SMILES string of the molecule is Brc1ccc2c(c1)[C@H]1C[C@H]1CN2. The normalized spacial score (nSPS) is 30.1. The number of hydrogen-bond donors (Lipinski definition) is 1. The van der Waals surface area contributed by atoms with Crippen molar-refractivity contribution in [1.82, 2.24) is 0 Å². The molecule has 1 fully saturated rings. The third-order valence-electron chi connectivity index (χ3n) is 2.89. The maximum atomic E-state index is 3.51. The summed E-state index contributed by atoms with van der Waals surface area (Å²) in [6, 6.07) is 6.54. The Balaban J connectivity index is 2.14. The Hall–Kier alpha value is -0.500. The fraction of sp³-hybridized carbons (Fsp3) is 0.400. The molecule has 0 radical (unpaired) electrons. The van der Waals surface area contributed by atoms with Crippen molar-refractivity contribution in [3.05, 3.63) is 28.2 Å². The van der Waals surface area contributed by atoms with Gasteiger partial charge in [-0.25, -0.2) is 0 Å². The predicted octanol–water partition coefficient (Wildman–Crippen LogP) is 2.98.